The molecule has 11 heavy (non-hydrogen) atoms. The van der Waals surface area contributed by atoms with E-state index in [1.54, 1.807) is 14.2 Å². The quantitative estimate of drug-likeness (QED) is 0.633. The molecule has 0 aromatic rings. The highest BCUT2D eigenvalue weighted by atomic mass is 19.1. The maximum absolute atomic E-state index is 12.2. The topological polar surface area (TPSA) is 30.5 Å². The van der Waals surface area contributed by atoms with Crippen LogP contribution in [0.4, 0.5) is 4.39 Å². The number of ether oxygens (including phenoxy) is 2. The van der Waals surface area contributed by atoms with Crippen molar-refractivity contribution in [1.82, 2.24) is 5.32 Å². The van der Waals surface area contributed by atoms with Crippen LogP contribution in [0.1, 0.15) is 0 Å². The molecule has 0 aromatic heterocycles. The van der Waals surface area contributed by atoms with Crippen molar-refractivity contribution >= 4 is 0 Å². The molecular weight excluding hydrogens is 149 g/mol. The monoisotopic (exact) mass is 163 g/mol. The fraction of sp³-hybridized carbons (Fsp3) is 1.00. The summed E-state index contributed by atoms with van der Waals surface area (Å²) < 4.78 is 22.4. The molecule has 1 fully saturated rings. The van der Waals surface area contributed by atoms with E-state index in [4.69, 9.17) is 9.47 Å². The summed E-state index contributed by atoms with van der Waals surface area (Å²) in [6, 6.07) is -0.204. The van der Waals surface area contributed by atoms with Gasteiger partial charge in [0.2, 0.25) is 0 Å². The minimum absolute atomic E-state index is 0.0132. The maximum Gasteiger partial charge on any atom is 0.107 e. The van der Waals surface area contributed by atoms with Crippen molar-refractivity contribution in [2.45, 2.75) is 18.2 Å². The molecule has 0 amide bonds. The zero-order valence-corrected chi connectivity index (χ0v) is 6.84. The Morgan fingerprint density at radius 3 is 2.64 bits per heavy atom. The first-order valence-corrected chi connectivity index (χ1v) is 3.68. The van der Waals surface area contributed by atoms with Gasteiger partial charge in [0, 0.05) is 20.8 Å². The molecule has 0 aliphatic carbocycles. The second kappa shape index (κ2) is 3.99. The van der Waals surface area contributed by atoms with E-state index in [0.717, 1.165) is 0 Å². The third kappa shape index (κ3) is 1.69. The molecule has 0 aromatic carbocycles. The van der Waals surface area contributed by atoms with Gasteiger partial charge in [0.05, 0.1) is 12.1 Å². The Labute approximate surface area is 65.9 Å². The molecule has 1 rings (SSSR count). The smallest absolute Gasteiger partial charge is 0.107 e. The molecule has 0 unspecified atom stereocenters. The van der Waals surface area contributed by atoms with Crippen LogP contribution in [0.5, 0.6) is 0 Å². The van der Waals surface area contributed by atoms with Crippen molar-refractivity contribution in [3.05, 3.63) is 0 Å². The summed E-state index contributed by atoms with van der Waals surface area (Å²) in [5, 5.41) is 2.98. The lowest BCUT2D eigenvalue weighted by molar-refractivity contribution is -0.0203. The van der Waals surface area contributed by atoms with Gasteiger partial charge in [0.1, 0.15) is 12.8 Å². The maximum atomic E-state index is 12.2. The van der Waals surface area contributed by atoms with E-state index in [0.29, 0.717) is 6.54 Å². The second-order valence-electron chi connectivity index (χ2n) is 2.64. The first-order chi connectivity index (χ1) is 5.33. The average molecular weight is 163 g/mol. The first-order valence-electron chi connectivity index (χ1n) is 3.68. The molecule has 0 bridgehead atoms. The Bertz CT molecular complexity index is 111. The Morgan fingerprint density at radius 1 is 1.45 bits per heavy atom. The van der Waals surface area contributed by atoms with Crippen LogP contribution in [0.3, 0.4) is 0 Å². The summed E-state index contributed by atoms with van der Waals surface area (Å²) in [6.45, 7) is 0.266. The van der Waals surface area contributed by atoms with Gasteiger partial charge in [-0.2, -0.15) is 0 Å². The molecule has 1 heterocycles. The van der Waals surface area contributed by atoms with Gasteiger partial charge in [-0.3, -0.25) is 0 Å². The molecule has 0 spiro atoms. The Hall–Kier alpha value is -0.190. The second-order valence-corrected chi connectivity index (χ2v) is 2.64. The van der Waals surface area contributed by atoms with Gasteiger partial charge >= 0.3 is 0 Å². The highest BCUT2D eigenvalue weighted by Gasteiger charge is 2.35. The minimum atomic E-state index is -0.404. The number of hydrogen-bond donors (Lipinski definition) is 1. The van der Waals surface area contributed by atoms with Gasteiger partial charge < -0.3 is 14.8 Å². The van der Waals surface area contributed by atoms with Crippen LogP contribution in [-0.2, 0) is 9.47 Å². The molecule has 1 aliphatic heterocycles. The van der Waals surface area contributed by atoms with Crippen molar-refractivity contribution in [3.8, 4) is 0 Å². The molecule has 0 saturated carbocycles. The van der Waals surface area contributed by atoms with E-state index >= 15 is 0 Å². The normalized spacial score (nSPS) is 37.9. The third-order valence-corrected chi connectivity index (χ3v) is 2.09. The number of alkyl halides is 1. The fourth-order valence-corrected chi connectivity index (χ4v) is 1.43. The Morgan fingerprint density at radius 2 is 2.18 bits per heavy atom. The summed E-state index contributed by atoms with van der Waals surface area (Å²) in [5.74, 6) is 0. The molecule has 3 nitrogen and oxygen atoms in total. The molecule has 1 aliphatic rings. The van der Waals surface area contributed by atoms with Crippen LogP contribution in [0.25, 0.3) is 0 Å². The van der Waals surface area contributed by atoms with Crippen LogP contribution in [0.2, 0.25) is 0 Å². The summed E-state index contributed by atoms with van der Waals surface area (Å²) in [7, 11) is 3.19. The molecular formula is C7H14FNO2. The van der Waals surface area contributed by atoms with Crippen LogP contribution in [0, 0.1) is 0 Å². The zero-order chi connectivity index (χ0) is 8.27. The highest BCUT2D eigenvalue weighted by Crippen LogP contribution is 2.14. The van der Waals surface area contributed by atoms with E-state index in [-0.39, 0.29) is 18.2 Å². The van der Waals surface area contributed by atoms with Crippen LogP contribution >= 0.6 is 0 Å². The molecule has 1 N–H and O–H groups in total. The minimum Gasteiger partial charge on any atom is -0.377 e. The van der Waals surface area contributed by atoms with E-state index in [1.165, 1.54) is 0 Å². The number of hydrogen-bond acceptors (Lipinski definition) is 3. The SMILES string of the molecule is CO[C@H]1[C@@H](OC)CN[C@@H]1CF. The van der Waals surface area contributed by atoms with Crippen LogP contribution in [0.15, 0.2) is 0 Å². The molecule has 0 radical (unpaired) electrons. The van der Waals surface area contributed by atoms with Gasteiger partial charge in [0.25, 0.3) is 0 Å². The summed E-state index contributed by atoms with van der Waals surface area (Å²) in [4.78, 5) is 0. The standard InChI is InChI=1S/C7H14FNO2/c1-10-6-4-9-5(3-8)7(6)11-2/h5-7,9H,3-4H2,1-2H3/t5-,6+,7-/m1/s1. The van der Waals surface area contributed by atoms with Crippen LogP contribution < -0.4 is 5.32 Å². The summed E-state index contributed by atoms with van der Waals surface area (Å²) in [5.41, 5.74) is 0. The lowest BCUT2D eigenvalue weighted by Crippen LogP contribution is -2.37. The Kier molecular flexibility index (Phi) is 3.23. The van der Waals surface area contributed by atoms with Crippen molar-refractivity contribution in [2.24, 2.45) is 0 Å². The van der Waals surface area contributed by atoms with E-state index in [2.05, 4.69) is 5.32 Å². The van der Waals surface area contributed by atoms with Gasteiger partial charge in [-0.25, -0.2) is 4.39 Å². The zero-order valence-electron chi connectivity index (χ0n) is 6.84. The predicted molar refractivity (Wildman–Crippen MR) is 39.4 cm³/mol. The van der Waals surface area contributed by atoms with Crippen molar-refractivity contribution in [3.63, 3.8) is 0 Å². The van der Waals surface area contributed by atoms with E-state index in [1.807, 2.05) is 0 Å². The van der Waals surface area contributed by atoms with Crippen LogP contribution in [-0.4, -0.2) is 45.7 Å². The lowest BCUT2D eigenvalue weighted by atomic mass is 10.1. The van der Waals surface area contributed by atoms with Crippen molar-refractivity contribution in [2.75, 3.05) is 27.4 Å². The summed E-state index contributed by atoms with van der Waals surface area (Å²) >= 11 is 0. The number of rotatable bonds is 3. The number of nitrogens with one attached hydrogen (secondary N) is 1. The van der Waals surface area contributed by atoms with E-state index in [9.17, 15) is 4.39 Å². The predicted octanol–water partition coefficient (Wildman–Crippen LogP) is -0.0423. The lowest BCUT2D eigenvalue weighted by Gasteiger charge is -2.19. The average Bonchev–Trinajstić information content (AvgIpc) is 2.45. The van der Waals surface area contributed by atoms with Crippen molar-refractivity contribution < 1.29 is 13.9 Å². The molecule has 3 atom stereocenters. The summed E-state index contributed by atoms with van der Waals surface area (Å²) in [6.07, 6.45) is -0.161. The van der Waals surface area contributed by atoms with Gasteiger partial charge in [-0.1, -0.05) is 0 Å². The highest BCUT2D eigenvalue weighted by molar-refractivity contribution is 4.92. The van der Waals surface area contributed by atoms with Gasteiger partial charge in [-0.15, -0.1) is 0 Å². The van der Waals surface area contributed by atoms with Crippen molar-refractivity contribution in [1.29, 1.82) is 0 Å². The van der Waals surface area contributed by atoms with Gasteiger partial charge in [0.15, 0.2) is 0 Å². The fourth-order valence-electron chi connectivity index (χ4n) is 1.43. The Balaban J connectivity index is 2.48. The third-order valence-electron chi connectivity index (χ3n) is 2.09. The molecule has 1 saturated heterocycles. The molecule has 4 heteroatoms. The largest absolute Gasteiger partial charge is 0.377 e. The molecule has 66 valence electrons. The first kappa shape index (κ1) is 8.90. The van der Waals surface area contributed by atoms with E-state index < -0.39 is 6.67 Å². The number of methoxy groups -OCH3 is 2. The van der Waals surface area contributed by atoms with Gasteiger partial charge in [-0.05, 0) is 0 Å². The number of halogens is 1.